The number of hydrogen-bond acceptors (Lipinski definition) is 4. The zero-order chi connectivity index (χ0) is 21.7. The summed E-state index contributed by atoms with van der Waals surface area (Å²) in [5, 5.41) is 2.73. The Morgan fingerprint density at radius 2 is 1.40 bits per heavy atom. The third-order valence-corrected chi connectivity index (χ3v) is 5.96. The zero-order valence-corrected chi connectivity index (χ0v) is 18.4. The molecule has 0 aliphatic carbocycles. The van der Waals surface area contributed by atoms with E-state index in [0.717, 1.165) is 31.5 Å². The molecular formula is C23H34N4O3. The van der Waals surface area contributed by atoms with Crippen LogP contribution in [0.4, 0.5) is 0 Å². The van der Waals surface area contributed by atoms with Crippen molar-refractivity contribution >= 4 is 17.7 Å². The van der Waals surface area contributed by atoms with Gasteiger partial charge in [-0.25, -0.2) is 0 Å². The Labute approximate surface area is 179 Å². The van der Waals surface area contributed by atoms with Gasteiger partial charge in [-0.3, -0.25) is 19.3 Å². The first kappa shape index (κ1) is 22.3. The molecule has 7 nitrogen and oxygen atoms in total. The molecule has 2 aliphatic heterocycles. The van der Waals surface area contributed by atoms with Crippen LogP contribution in [-0.2, 0) is 15.0 Å². The van der Waals surface area contributed by atoms with E-state index in [4.69, 9.17) is 0 Å². The van der Waals surface area contributed by atoms with Crippen LogP contribution in [0.1, 0.15) is 49.5 Å². The number of hydrogen-bond donors (Lipinski definition) is 1. The SMILES string of the molecule is CC(C)(C)c1ccc(C(=O)NCC(=O)N2CCN(CC(=O)N3CCCC3)CC2)cc1. The smallest absolute Gasteiger partial charge is 0.251 e. The lowest BCUT2D eigenvalue weighted by Gasteiger charge is -2.35. The van der Waals surface area contributed by atoms with E-state index in [1.54, 1.807) is 17.0 Å². The molecule has 0 unspecified atom stereocenters. The number of rotatable bonds is 5. The number of nitrogens with one attached hydrogen (secondary N) is 1. The highest BCUT2D eigenvalue weighted by molar-refractivity contribution is 5.96. The molecule has 1 aromatic carbocycles. The average molecular weight is 415 g/mol. The fraction of sp³-hybridized carbons (Fsp3) is 0.609. The summed E-state index contributed by atoms with van der Waals surface area (Å²) in [6, 6.07) is 7.52. The number of amides is 3. The molecule has 0 bridgehead atoms. The molecule has 2 heterocycles. The largest absolute Gasteiger partial charge is 0.343 e. The summed E-state index contributed by atoms with van der Waals surface area (Å²) >= 11 is 0. The lowest BCUT2D eigenvalue weighted by atomic mass is 9.87. The Bertz CT molecular complexity index is 756. The molecule has 3 rings (SSSR count). The highest BCUT2D eigenvalue weighted by Crippen LogP contribution is 2.22. The molecule has 30 heavy (non-hydrogen) atoms. The van der Waals surface area contributed by atoms with Gasteiger partial charge in [0.05, 0.1) is 13.1 Å². The molecule has 0 aromatic heterocycles. The van der Waals surface area contributed by atoms with E-state index in [1.807, 2.05) is 17.0 Å². The molecule has 2 saturated heterocycles. The van der Waals surface area contributed by atoms with Gasteiger partial charge in [-0.05, 0) is 36.0 Å². The van der Waals surface area contributed by atoms with E-state index < -0.39 is 0 Å². The van der Waals surface area contributed by atoms with Crippen LogP contribution >= 0.6 is 0 Å². The van der Waals surface area contributed by atoms with Crippen molar-refractivity contribution in [1.29, 1.82) is 0 Å². The van der Waals surface area contributed by atoms with E-state index in [2.05, 4.69) is 31.0 Å². The summed E-state index contributed by atoms with van der Waals surface area (Å²) < 4.78 is 0. The average Bonchev–Trinajstić information content (AvgIpc) is 3.27. The monoisotopic (exact) mass is 414 g/mol. The third-order valence-electron chi connectivity index (χ3n) is 5.96. The van der Waals surface area contributed by atoms with Gasteiger partial charge in [0.15, 0.2) is 0 Å². The fourth-order valence-corrected chi connectivity index (χ4v) is 3.90. The second-order valence-electron chi connectivity index (χ2n) is 9.25. The number of carbonyl (C=O) groups is 3. The van der Waals surface area contributed by atoms with Crippen LogP contribution in [0.25, 0.3) is 0 Å². The van der Waals surface area contributed by atoms with Gasteiger partial charge in [0, 0.05) is 44.8 Å². The highest BCUT2D eigenvalue weighted by Gasteiger charge is 2.25. The van der Waals surface area contributed by atoms with Crippen molar-refractivity contribution in [1.82, 2.24) is 20.0 Å². The van der Waals surface area contributed by atoms with Crippen molar-refractivity contribution in [2.45, 2.75) is 39.0 Å². The maximum absolute atomic E-state index is 12.5. The highest BCUT2D eigenvalue weighted by atomic mass is 16.2. The molecule has 1 N–H and O–H groups in total. The van der Waals surface area contributed by atoms with Gasteiger partial charge < -0.3 is 15.1 Å². The Balaban J connectivity index is 1.40. The second-order valence-corrected chi connectivity index (χ2v) is 9.25. The first-order valence-corrected chi connectivity index (χ1v) is 10.9. The van der Waals surface area contributed by atoms with E-state index >= 15 is 0 Å². The van der Waals surface area contributed by atoms with E-state index in [0.29, 0.717) is 38.3 Å². The summed E-state index contributed by atoms with van der Waals surface area (Å²) in [7, 11) is 0. The van der Waals surface area contributed by atoms with Crippen LogP contribution in [0.15, 0.2) is 24.3 Å². The maximum atomic E-state index is 12.5. The normalized spacial score (nSPS) is 17.8. The van der Waals surface area contributed by atoms with Gasteiger partial charge in [0.25, 0.3) is 5.91 Å². The van der Waals surface area contributed by atoms with Crippen molar-refractivity contribution in [3.8, 4) is 0 Å². The summed E-state index contributed by atoms with van der Waals surface area (Å²) in [6.07, 6.45) is 2.20. The van der Waals surface area contributed by atoms with E-state index in [1.165, 1.54) is 0 Å². The molecule has 0 atom stereocenters. The Hall–Kier alpha value is -2.41. The fourth-order valence-electron chi connectivity index (χ4n) is 3.90. The number of nitrogens with zero attached hydrogens (tertiary/aromatic N) is 3. The number of carbonyl (C=O) groups excluding carboxylic acids is 3. The van der Waals surface area contributed by atoms with Crippen molar-refractivity contribution in [2.24, 2.45) is 0 Å². The third kappa shape index (κ3) is 5.81. The predicted octanol–water partition coefficient (Wildman–Crippen LogP) is 1.48. The van der Waals surface area contributed by atoms with Crippen molar-refractivity contribution in [3.63, 3.8) is 0 Å². The van der Waals surface area contributed by atoms with Crippen molar-refractivity contribution < 1.29 is 14.4 Å². The maximum Gasteiger partial charge on any atom is 0.251 e. The van der Waals surface area contributed by atoms with Crippen LogP contribution in [0.2, 0.25) is 0 Å². The Morgan fingerprint density at radius 3 is 1.97 bits per heavy atom. The van der Waals surface area contributed by atoms with Crippen LogP contribution in [0.5, 0.6) is 0 Å². The van der Waals surface area contributed by atoms with Gasteiger partial charge in [-0.2, -0.15) is 0 Å². The topological polar surface area (TPSA) is 73.0 Å². The van der Waals surface area contributed by atoms with Crippen LogP contribution < -0.4 is 5.32 Å². The number of likely N-dealkylation sites (tertiary alicyclic amines) is 1. The van der Waals surface area contributed by atoms with Gasteiger partial charge in [0.2, 0.25) is 11.8 Å². The zero-order valence-electron chi connectivity index (χ0n) is 18.4. The van der Waals surface area contributed by atoms with Crippen LogP contribution in [-0.4, -0.2) is 84.8 Å². The number of benzene rings is 1. The summed E-state index contributed by atoms with van der Waals surface area (Å²) in [5.74, 6) is -0.129. The lowest BCUT2D eigenvalue weighted by Crippen LogP contribution is -2.53. The summed E-state index contributed by atoms with van der Waals surface area (Å²) in [5.41, 5.74) is 1.75. The molecule has 0 saturated carbocycles. The molecule has 1 aromatic rings. The summed E-state index contributed by atoms with van der Waals surface area (Å²) in [6.45, 7) is 11.1. The Morgan fingerprint density at radius 1 is 0.833 bits per heavy atom. The van der Waals surface area contributed by atoms with Gasteiger partial charge in [-0.15, -0.1) is 0 Å². The molecule has 7 heteroatoms. The minimum atomic E-state index is -0.237. The molecular weight excluding hydrogens is 380 g/mol. The Kier molecular flexibility index (Phi) is 7.13. The molecule has 164 valence electrons. The van der Waals surface area contributed by atoms with Crippen LogP contribution in [0, 0.1) is 0 Å². The lowest BCUT2D eigenvalue weighted by molar-refractivity contribution is -0.134. The second kappa shape index (κ2) is 9.60. The first-order chi connectivity index (χ1) is 14.2. The van der Waals surface area contributed by atoms with E-state index in [9.17, 15) is 14.4 Å². The quantitative estimate of drug-likeness (QED) is 0.792. The van der Waals surface area contributed by atoms with Crippen molar-refractivity contribution in [3.05, 3.63) is 35.4 Å². The van der Waals surface area contributed by atoms with Crippen LogP contribution in [0.3, 0.4) is 0 Å². The first-order valence-electron chi connectivity index (χ1n) is 10.9. The predicted molar refractivity (Wildman–Crippen MR) is 116 cm³/mol. The van der Waals surface area contributed by atoms with E-state index in [-0.39, 0.29) is 29.7 Å². The van der Waals surface area contributed by atoms with Gasteiger partial charge in [-0.1, -0.05) is 32.9 Å². The standard InChI is InChI=1S/C23H34N4O3/c1-23(2,3)19-8-6-18(7-9-19)22(30)24-16-20(28)27-14-12-25(13-15-27)17-21(29)26-10-4-5-11-26/h6-9H,4-5,10-17H2,1-3H3,(H,24,30). The number of piperazine rings is 1. The minimum Gasteiger partial charge on any atom is -0.343 e. The van der Waals surface area contributed by atoms with Gasteiger partial charge >= 0.3 is 0 Å². The molecule has 0 spiro atoms. The molecule has 2 aliphatic rings. The molecule has 0 radical (unpaired) electrons. The molecule has 2 fully saturated rings. The van der Waals surface area contributed by atoms with Crippen molar-refractivity contribution in [2.75, 3.05) is 52.4 Å². The van der Waals surface area contributed by atoms with Gasteiger partial charge in [0.1, 0.15) is 0 Å². The molecule has 3 amide bonds. The summed E-state index contributed by atoms with van der Waals surface area (Å²) in [4.78, 5) is 42.9. The minimum absolute atomic E-state index is 0.00738.